The quantitative estimate of drug-likeness (QED) is 0.0447. The third-order valence-electron chi connectivity index (χ3n) is 5.79. The van der Waals surface area contributed by atoms with Crippen molar-refractivity contribution in [3.63, 3.8) is 0 Å². The molecule has 0 aromatic carbocycles. The molecule has 11 atom stereocenters. The first-order chi connectivity index (χ1) is 19.6. The van der Waals surface area contributed by atoms with Crippen LogP contribution in [0.3, 0.4) is 0 Å². The molecule has 236 valence electrons. The number of phosphoric ester groups is 2. The van der Waals surface area contributed by atoms with E-state index >= 15 is 0 Å². The number of hydrogen-bond donors (Lipinski definition) is 9. The standard InChI is InChI=1S/C17H26N6O17P2/c18-22-19-3-9(26)20-10-13(29)11(27)6(4-24)38-16(10)39-42(34,35)40-41(32,33)36-5-7-12(28)14(30)15(37-7)23-2-1-8(25)21-17(23)31/h1-2,6-7,10-16,24,27-30H,3-5H2,(H,20,26)(H,32,33)(H,34,35)(H,21,25,31)/t6?,7-,10+,11+,12?,13?,14+,15-,16-/m1/s1. The highest BCUT2D eigenvalue weighted by Crippen LogP contribution is 2.61. The van der Waals surface area contributed by atoms with Crippen LogP contribution in [0.2, 0.25) is 0 Å². The van der Waals surface area contributed by atoms with E-state index in [1.807, 2.05) is 10.3 Å². The largest absolute Gasteiger partial charge is 0.483 e. The third-order valence-corrected chi connectivity index (χ3v) is 8.39. The molecule has 42 heavy (non-hydrogen) atoms. The predicted molar refractivity (Wildman–Crippen MR) is 129 cm³/mol. The van der Waals surface area contributed by atoms with Gasteiger partial charge >= 0.3 is 21.3 Å². The highest BCUT2D eigenvalue weighted by Gasteiger charge is 2.50. The average molecular weight is 648 g/mol. The van der Waals surface area contributed by atoms with Crippen molar-refractivity contribution >= 4 is 21.6 Å². The van der Waals surface area contributed by atoms with Crippen LogP contribution < -0.4 is 16.6 Å². The van der Waals surface area contributed by atoms with Gasteiger partial charge in [-0.2, -0.15) is 4.31 Å². The van der Waals surface area contributed by atoms with Gasteiger partial charge in [0.1, 0.15) is 49.2 Å². The molecule has 23 nitrogen and oxygen atoms in total. The van der Waals surface area contributed by atoms with Crippen LogP contribution >= 0.6 is 15.6 Å². The van der Waals surface area contributed by atoms with Gasteiger partial charge in [-0.15, -0.1) is 0 Å². The van der Waals surface area contributed by atoms with Gasteiger partial charge in [0.15, 0.2) is 12.5 Å². The lowest BCUT2D eigenvalue weighted by Gasteiger charge is -2.42. The van der Waals surface area contributed by atoms with Gasteiger partial charge in [0.2, 0.25) is 5.91 Å². The predicted octanol–water partition coefficient (Wildman–Crippen LogP) is -4.36. The number of phosphoric acid groups is 2. The van der Waals surface area contributed by atoms with E-state index in [-0.39, 0.29) is 0 Å². The fraction of sp³-hybridized carbons (Fsp3) is 0.706. The number of H-pyrrole nitrogens is 1. The maximum atomic E-state index is 12.5. The second kappa shape index (κ2) is 13.8. The van der Waals surface area contributed by atoms with Crippen molar-refractivity contribution in [1.29, 1.82) is 0 Å². The van der Waals surface area contributed by atoms with Crippen LogP contribution in [0.5, 0.6) is 0 Å². The van der Waals surface area contributed by atoms with Crippen LogP contribution in [0.15, 0.2) is 27.0 Å². The van der Waals surface area contributed by atoms with E-state index < -0.39 is 108 Å². The minimum absolute atomic E-state index is 0.705. The Hall–Kier alpha value is -2.56. The molecule has 0 aliphatic carbocycles. The van der Waals surface area contributed by atoms with Crippen molar-refractivity contribution in [2.24, 2.45) is 5.11 Å². The fourth-order valence-corrected chi connectivity index (χ4v) is 6.01. The number of ether oxygens (including phenoxy) is 2. The average Bonchev–Trinajstić information content (AvgIpc) is 3.18. The van der Waals surface area contributed by atoms with Gasteiger partial charge in [-0.05, 0) is 5.53 Å². The Bertz CT molecular complexity index is 1380. The van der Waals surface area contributed by atoms with Gasteiger partial charge in [-0.25, -0.2) is 13.9 Å². The van der Waals surface area contributed by atoms with Gasteiger partial charge < -0.3 is 50.1 Å². The molecule has 0 radical (unpaired) electrons. The van der Waals surface area contributed by atoms with Gasteiger partial charge in [-0.1, -0.05) is 5.11 Å². The SMILES string of the molecule is [N-]=[N+]=NCC(=O)N[C@H]1C(O)[C@@H](O)C(CO)O[C@@H]1OP(=O)(O)OP(=O)(O)OC[C@H]1O[C@@H](n2ccc(=O)[nH]c2=O)[C@@H](O)C1O. The van der Waals surface area contributed by atoms with E-state index in [9.17, 15) is 58.8 Å². The van der Waals surface area contributed by atoms with E-state index in [1.165, 1.54) is 0 Å². The van der Waals surface area contributed by atoms with E-state index in [2.05, 4.69) is 23.4 Å². The van der Waals surface area contributed by atoms with E-state index in [0.717, 1.165) is 12.3 Å². The first-order valence-corrected chi connectivity index (χ1v) is 14.5. The maximum Gasteiger partial charge on any atom is 0.483 e. The van der Waals surface area contributed by atoms with Crippen molar-refractivity contribution in [2.75, 3.05) is 19.8 Å². The Morgan fingerprint density at radius 2 is 1.76 bits per heavy atom. The molecule has 3 heterocycles. The summed E-state index contributed by atoms with van der Waals surface area (Å²) in [5.74, 6) is -1.08. The normalized spacial score (nSPS) is 34.1. The summed E-state index contributed by atoms with van der Waals surface area (Å²) >= 11 is 0. The van der Waals surface area contributed by atoms with E-state index in [0.29, 0.717) is 4.57 Å². The van der Waals surface area contributed by atoms with Gasteiger partial charge in [-0.3, -0.25) is 28.2 Å². The molecule has 2 aliphatic heterocycles. The second-order valence-corrected chi connectivity index (χ2v) is 11.7. The van der Waals surface area contributed by atoms with Crippen LogP contribution in [0.4, 0.5) is 0 Å². The Kier molecular flexibility index (Phi) is 11.2. The smallest absolute Gasteiger partial charge is 0.394 e. The summed E-state index contributed by atoms with van der Waals surface area (Å²) in [6.45, 7) is -2.85. The Balaban J connectivity index is 1.67. The molecule has 2 fully saturated rings. The van der Waals surface area contributed by atoms with Crippen LogP contribution in [0.25, 0.3) is 10.4 Å². The number of aliphatic hydroxyl groups excluding tert-OH is 5. The van der Waals surface area contributed by atoms with Gasteiger partial charge in [0.05, 0.1) is 13.2 Å². The molecule has 9 N–H and O–H groups in total. The third kappa shape index (κ3) is 8.29. The van der Waals surface area contributed by atoms with Crippen LogP contribution in [0, 0.1) is 0 Å². The Morgan fingerprint density at radius 3 is 2.38 bits per heavy atom. The number of aromatic nitrogens is 2. The lowest BCUT2D eigenvalue weighted by atomic mass is 9.97. The summed E-state index contributed by atoms with van der Waals surface area (Å²) in [4.78, 5) is 59.4. The summed E-state index contributed by atoms with van der Waals surface area (Å²) in [6, 6.07) is -0.958. The van der Waals surface area contributed by atoms with Crippen LogP contribution in [0.1, 0.15) is 6.23 Å². The number of rotatable bonds is 12. The summed E-state index contributed by atoms with van der Waals surface area (Å²) in [6.07, 6.45) is -13.6. The number of azide groups is 1. The molecule has 1 aromatic heterocycles. The highest BCUT2D eigenvalue weighted by molar-refractivity contribution is 7.61. The molecule has 1 aromatic rings. The molecular formula is C17H26N6O17P2. The van der Waals surface area contributed by atoms with Crippen molar-refractivity contribution < 1.29 is 72.1 Å². The van der Waals surface area contributed by atoms with Crippen molar-refractivity contribution in [3.8, 4) is 0 Å². The first kappa shape index (κ1) is 33.9. The second-order valence-electron chi connectivity index (χ2n) is 8.67. The minimum atomic E-state index is -5.73. The Morgan fingerprint density at radius 1 is 1.10 bits per heavy atom. The monoisotopic (exact) mass is 648 g/mol. The van der Waals surface area contributed by atoms with Gasteiger partial charge in [0.25, 0.3) is 5.56 Å². The molecule has 1 amide bonds. The van der Waals surface area contributed by atoms with Gasteiger partial charge in [0, 0.05) is 17.2 Å². The highest BCUT2D eigenvalue weighted by atomic mass is 31.3. The minimum Gasteiger partial charge on any atom is -0.394 e. The molecule has 3 rings (SSSR count). The summed E-state index contributed by atoms with van der Waals surface area (Å²) in [5.41, 5.74) is 6.54. The lowest BCUT2D eigenvalue weighted by Crippen LogP contribution is -2.64. The van der Waals surface area contributed by atoms with Crippen molar-refractivity contribution in [3.05, 3.63) is 43.5 Å². The number of nitrogens with zero attached hydrogens (tertiary/aromatic N) is 4. The number of amides is 1. The maximum absolute atomic E-state index is 12.5. The van der Waals surface area contributed by atoms with Crippen LogP contribution in [-0.4, -0.2) is 119 Å². The molecule has 5 unspecified atom stereocenters. The van der Waals surface area contributed by atoms with Crippen molar-refractivity contribution in [1.82, 2.24) is 14.9 Å². The molecule has 0 bridgehead atoms. The summed E-state index contributed by atoms with van der Waals surface area (Å²) < 4.78 is 49.3. The number of hydrogen-bond acceptors (Lipinski definition) is 16. The number of aromatic amines is 1. The van der Waals surface area contributed by atoms with Crippen molar-refractivity contribution in [2.45, 2.75) is 55.2 Å². The number of aliphatic hydroxyl groups is 5. The van der Waals surface area contributed by atoms with E-state index in [1.54, 1.807) is 0 Å². The topological polar surface area (TPSA) is 355 Å². The molecular weight excluding hydrogens is 622 g/mol. The molecule has 2 saturated heterocycles. The number of nitrogens with one attached hydrogen (secondary N) is 2. The zero-order valence-corrected chi connectivity index (χ0v) is 22.7. The zero-order valence-electron chi connectivity index (χ0n) is 20.9. The summed E-state index contributed by atoms with van der Waals surface area (Å²) in [7, 11) is -11.3. The molecule has 0 saturated carbocycles. The molecule has 25 heteroatoms. The van der Waals surface area contributed by atoms with E-state index in [4.69, 9.17) is 15.0 Å². The first-order valence-electron chi connectivity index (χ1n) is 11.5. The lowest BCUT2D eigenvalue weighted by molar-refractivity contribution is -0.247. The fourth-order valence-electron chi connectivity index (χ4n) is 3.85. The molecule has 2 aliphatic rings. The Labute approximate surface area is 232 Å². The van der Waals surface area contributed by atoms with Crippen LogP contribution in [-0.2, 0) is 36.8 Å². The zero-order chi connectivity index (χ0) is 31.4. The molecule has 0 spiro atoms. The number of carbonyl (C=O) groups is 1. The number of carbonyl (C=O) groups excluding carboxylic acids is 1. The summed E-state index contributed by atoms with van der Waals surface area (Å²) in [5, 5.41) is 55.1.